The Labute approximate surface area is 200 Å². The molecule has 1 aliphatic rings. The van der Waals surface area contributed by atoms with Crippen LogP contribution in [0.25, 0.3) is 10.8 Å². The number of ether oxygens (including phenoxy) is 1. The lowest BCUT2D eigenvalue weighted by atomic mass is 10.1. The molecule has 2 heterocycles. The predicted molar refractivity (Wildman–Crippen MR) is 125 cm³/mol. The summed E-state index contributed by atoms with van der Waals surface area (Å²) in [4.78, 5) is 30.1. The maximum Gasteiger partial charge on any atom is 0.573 e. The number of carbonyl (C=O) groups is 1. The van der Waals surface area contributed by atoms with Crippen LogP contribution < -0.4 is 10.3 Å². The van der Waals surface area contributed by atoms with Crippen LogP contribution >= 0.6 is 0 Å². The van der Waals surface area contributed by atoms with Gasteiger partial charge in [0.25, 0.3) is 11.5 Å². The van der Waals surface area contributed by atoms with E-state index >= 15 is 0 Å². The highest BCUT2D eigenvalue weighted by molar-refractivity contribution is 6.04. The number of hydrogen-bond donors (Lipinski definition) is 0. The maximum absolute atomic E-state index is 13.4. The Balaban J connectivity index is 1.44. The molecule has 1 saturated heterocycles. The van der Waals surface area contributed by atoms with Crippen molar-refractivity contribution in [2.75, 3.05) is 26.2 Å². The van der Waals surface area contributed by atoms with Gasteiger partial charge in [0.15, 0.2) is 5.69 Å². The van der Waals surface area contributed by atoms with Crippen LogP contribution in [0, 0.1) is 5.92 Å². The van der Waals surface area contributed by atoms with Gasteiger partial charge in [-0.25, -0.2) is 4.68 Å². The lowest BCUT2D eigenvalue weighted by molar-refractivity contribution is -0.274. The normalized spacial score (nSPS) is 15.1. The van der Waals surface area contributed by atoms with Crippen LogP contribution in [0.4, 0.5) is 13.2 Å². The standard InChI is InChI=1S/C25H27F3N4O3/c1-17(2)15-32-23(33)21-6-4-3-5-20(21)22(29-32)24(34)31-13-11-30(12-14-31)16-18-7-9-19(10-8-18)35-25(26,27)28/h3-10,17H,11-16H2,1-2H3. The minimum atomic E-state index is -4.72. The summed E-state index contributed by atoms with van der Waals surface area (Å²) >= 11 is 0. The average Bonchev–Trinajstić information content (AvgIpc) is 2.81. The first-order valence-corrected chi connectivity index (χ1v) is 11.5. The molecule has 0 atom stereocenters. The fraction of sp³-hybridized carbons (Fsp3) is 0.400. The topological polar surface area (TPSA) is 67.7 Å². The zero-order chi connectivity index (χ0) is 25.2. The second kappa shape index (κ2) is 10.1. The Morgan fingerprint density at radius 1 is 1.00 bits per heavy atom. The van der Waals surface area contributed by atoms with Crippen molar-refractivity contribution in [1.29, 1.82) is 0 Å². The van der Waals surface area contributed by atoms with Gasteiger partial charge in [0.05, 0.1) is 5.39 Å². The van der Waals surface area contributed by atoms with Gasteiger partial charge in [0, 0.05) is 44.7 Å². The summed E-state index contributed by atoms with van der Waals surface area (Å²) in [5, 5.41) is 5.47. The molecule has 1 aromatic heterocycles. The van der Waals surface area contributed by atoms with E-state index < -0.39 is 6.36 Å². The molecule has 1 aliphatic heterocycles. The summed E-state index contributed by atoms with van der Waals surface area (Å²) in [6.45, 7) is 7.12. The monoisotopic (exact) mass is 488 g/mol. The molecular formula is C25H27F3N4O3. The molecule has 35 heavy (non-hydrogen) atoms. The van der Waals surface area contributed by atoms with Gasteiger partial charge in [-0.1, -0.05) is 44.2 Å². The molecular weight excluding hydrogens is 461 g/mol. The first-order chi connectivity index (χ1) is 16.6. The summed E-state index contributed by atoms with van der Waals surface area (Å²) in [5.41, 5.74) is 0.921. The predicted octanol–water partition coefficient (Wildman–Crippen LogP) is 3.91. The highest BCUT2D eigenvalue weighted by Gasteiger charge is 2.31. The molecule has 0 spiro atoms. The fourth-order valence-corrected chi connectivity index (χ4v) is 4.18. The largest absolute Gasteiger partial charge is 0.573 e. The quantitative estimate of drug-likeness (QED) is 0.527. The molecule has 0 saturated carbocycles. The summed E-state index contributed by atoms with van der Waals surface area (Å²) < 4.78 is 42.3. The molecule has 10 heteroatoms. The summed E-state index contributed by atoms with van der Waals surface area (Å²) in [6, 6.07) is 12.8. The minimum Gasteiger partial charge on any atom is -0.406 e. The van der Waals surface area contributed by atoms with E-state index in [0.29, 0.717) is 50.0 Å². The zero-order valence-electron chi connectivity index (χ0n) is 19.6. The number of rotatable bonds is 6. The van der Waals surface area contributed by atoms with Gasteiger partial charge in [-0.05, 0) is 29.7 Å². The highest BCUT2D eigenvalue weighted by Crippen LogP contribution is 2.23. The van der Waals surface area contributed by atoms with Crippen molar-refractivity contribution in [3.63, 3.8) is 0 Å². The molecule has 186 valence electrons. The lowest BCUT2D eigenvalue weighted by Gasteiger charge is -2.34. The third kappa shape index (κ3) is 6.00. The molecule has 0 bridgehead atoms. The average molecular weight is 489 g/mol. The van der Waals surface area contributed by atoms with Crippen molar-refractivity contribution < 1.29 is 22.7 Å². The molecule has 0 radical (unpaired) electrons. The number of amides is 1. The Kier molecular flexibility index (Phi) is 7.11. The van der Waals surface area contributed by atoms with Gasteiger partial charge in [-0.2, -0.15) is 5.10 Å². The van der Waals surface area contributed by atoms with E-state index in [1.807, 2.05) is 13.8 Å². The van der Waals surface area contributed by atoms with Crippen LogP contribution in [0.5, 0.6) is 5.75 Å². The van der Waals surface area contributed by atoms with Crippen LogP contribution in [-0.4, -0.2) is 58.0 Å². The SMILES string of the molecule is CC(C)Cn1nc(C(=O)N2CCN(Cc3ccc(OC(F)(F)F)cc3)CC2)c2ccccc2c1=O. The van der Waals surface area contributed by atoms with E-state index in [-0.39, 0.29) is 28.8 Å². The number of alkyl halides is 3. The molecule has 0 aliphatic carbocycles. The second-order valence-corrected chi connectivity index (χ2v) is 9.04. The minimum absolute atomic E-state index is 0.196. The van der Waals surface area contributed by atoms with E-state index in [9.17, 15) is 22.8 Å². The van der Waals surface area contributed by atoms with E-state index in [1.54, 1.807) is 41.3 Å². The number of nitrogens with zero attached hydrogens (tertiary/aromatic N) is 4. The van der Waals surface area contributed by atoms with Crippen molar-refractivity contribution in [2.24, 2.45) is 5.92 Å². The van der Waals surface area contributed by atoms with Crippen molar-refractivity contribution in [2.45, 2.75) is 33.3 Å². The van der Waals surface area contributed by atoms with Crippen LogP contribution in [0.1, 0.15) is 29.9 Å². The van der Waals surface area contributed by atoms with Gasteiger partial charge < -0.3 is 9.64 Å². The number of halogens is 3. The fourth-order valence-electron chi connectivity index (χ4n) is 4.18. The van der Waals surface area contributed by atoms with Crippen molar-refractivity contribution >= 4 is 16.7 Å². The molecule has 0 N–H and O–H groups in total. The highest BCUT2D eigenvalue weighted by atomic mass is 19.4. The maximum atomic E-state index is 13.4. The molecule has 1 amide bonds. The van der Waals surface area contributed by atoms with E-state index in [2.05, 4.69) is 14.7 Å². The van der Waals surface area contributed by atoms with E-state index in [4.69, 9.17) is 0 Å². The number of fused-ring (bicyclic) bond motifs is 1. The third-order valence-corrected chi connectivity index (χ3v) is 5.83. The second-order valence-electron chi connectivity index (χ2n) is 9.04. The lowest BCUT2D eigenvalue weighted by Crippen LogP contribution is -2.48. The molecule has 4 rings (SSSR count). The van der Waals surface area contributed by atoms with Crippen LogP contribution in [0.15, 0.2) is 53.3 Å². The molecule has 1 fully saturated rings. The number of piperazine rings is 1. The first-order valence-electron chi connectivity index (χ1n) is 11.5. The third-order valence-electron chi connectivity index (χ3n) is 5.83. The molecule has 2 aromatic carbocycles. The number of carbonyl (C=O) groups excluding carboxylic acids is 1. The van der Waals surface area contributed by atoms with Gasteiger partial charge in [0.2, 0.25) is 0 Å². The van der Waals surface area contributed by atoms with Gasteiger partial charge >= 0.3 is 6.36 Å². The Morgan fingerprint density at radius 3 is 2.23 bits per heavy atom. The van der Waals surface area contributed by atoms with E-state index in [1.165, 1.54) is 16.8 Å². The summed E-state index contributed by atoms with van der Waals surface area (Å²) in [7, 11) is 0. The Hall–Kier alpha value is -3.40. The summed E-state index contributed by atoms with van der Waals surface area (Å²) in [5.74, 6) is -0.274. The van der Waals surface area contributed by atoms with Crippen molar-refractivity contribution in [3.05, 3.63) is 70.1 Å². The zero-order valence-corrected chi connectivity index (χ0v) is 19.6. The van der Waals surface area contributed by atoms with Crippen LogP contribution in [0.2, 0.25) is 0 Å². The van der Waals surface area contributed by atoms with Gasteiger partial charge in [0.1, 0.15) is 5.75 Å². The van der Waals surface area contributed by atoms with Crippen molar-refractivity contribution in [3.8, 4) is 5.75 Å². The van der Waals surface area contributed by atoms with Crippen molar-refractivity contribution in [1.82, 2.24) is 19.6 Å². The summed E-state index contributed by atoms with van der Waals surface area (Å²) in [6.07, 6.45) is -4.72. The molecule has 7 nitrogen and oxygen atoms in total. The van der Waals surface area contributed by atoms with Crippen LogP contribution in [0.3, 0.4) is 0 Å². The smallest absolute Gasteiger partial charge is 0.406 e. The first kappa shape index (κ1) is 24.7. The Morgan fingerprint density at radius 2 is 1.63 bits per heavy atom. The number of benzene rings is 2. The molecule has 0 unspecified atom stereocenters. The van der Waals surface area contributed by atoms with E-state index in [0.717, 1.165) is 5.56 Å². The van der Waals surface area contributed by atoms with Gasteiger partial charge in [-0.15, -0.1) is 13.2 Å². The molecule has 3 aromatic rings. The Bertz CT molecular complexity index is 1250. The van der Waals surface area contributed by atoms with Crippen LogP contribution in [-0.2, 0) is 13.1 Å². The van der Waals surface area contributed by atoms with Gasteiger partial charge in [-0.3, -0.25) is 14.5 Å². The number of aromatic nitrogens is 2. The number of hydrogen-bond acceptors (Lipinski definition) is 5.